The first kappa shape index (κ1) is 11.1. The smallest absolute Gasteiger partial charge is 0.146 e. The van der Waals surface area contributed by atoms with E-state index >= 15 is 0 Å². The molecule has 0 N–H and O–H groups in total. The van der Waals surface area contributed by atoms with E-state index in [2.05, 4.69) is 20.9 Å². The molecule has 0 saturated heterocycles. The van der Waals surface area contributed by atoms with Crippen molar-refractivity contribution < 1.29 is 9.13 Å². The van der Waals surface area contributed by atoms with Crippen molar-refractivity contribution >= 4 is 15.9 Å². The van der Waals surface area contributed by atoms with Gasteiger partial charge in [-0.15, -0.1) is 0 Å². The Morgan fingerprint density at radius 1 is 1.50 bits per heavy atom. The number of aryl methyl sites for hydroxylation is 1. The lowest BCUT2D eigenvalue weighted by molar-refractivity contribution is 0.290. The van der Waals surface area contributed by atoms with Crippen LogP contribution in [0, 0.1) is 5.82 Å². The van der Waals surface area contributed by atoms with E-state index in [0.717, 1.165) is 5.82 Å². The number of nitrogens with zero attached hydrogens (tertiary/aromatic N) is 2. The second kappa shape index (κ2) is 4.65. The standard InChI is InChI=1S/C11H10BrFN2O/c1-15-5-4-14-11(15)7-16-8-2-3-9(12)10(13)6-8/h2-6H,7H2,1H3. The van der Waals surface area contributed by atoms with E-state index in [-0.39, 0.29) is 5.82 Å². The molecular weight excluding hydrogens is 275 g/mol. The van der Waals surface area contributed by atoms with Gasteiger partial charge in [-0.25, -0.2) is 9.37 Å². The molecule has 0 unspecified atom stereocenters. The van der Waals surface area contributed by atoms with Crippen molar-refractivity contribution in [2.75, 3.05) is 0 Å². The molecule has 1 aromatic carbocycles. The molecule has 1 heterocycles. The lowest BCUT2D eigenvalue weighted by Crippen LogP contribution is -2.03. The number of hydrogen-bond donors (Lipinski definition) is 0. The molecule has 0 aliphatic carbocycles. The summed E-state index contributed by atoms with van der Waals surface area (Å²) in [6.45, 7) is 0.324. The van der Waals surface area contributed by atoms with E-state index in [4.69, 9.17) is 4.74 Å². The minimum atomic E-state index is -0.336. The zero-order chi connectivity index (χ0) is 11.5. The molecule has 0 saturated carbocycles. The maximum Gasteiger partial charge on any atom is 0.146 e. The van der Waals surface area contributed by atoms with Crippen molar-refractivity contribution in [1.29, 1.82) is 0 Å². The average molecular weight is 285 g/mol. The Morgan fingerprint density at radius 3 is 2.94 bits per heavy atom. The van der Waals surface area contributed by atoms with Crippen LogP contribution in [0.4, 0.5) is 4.39 Å². The number of benzene rings is 1. The summed E-state index contributed by atoms with van der Waals surface area (Å²) in [4.78, 5) is 4.11. The normalized spacial score (nSPS) is 10.4. The number of hydrogen-bond acceptors (Lipinski definition) is 2. The number of ether oxygens (including phenoxy) is 1. The van der Waals surface area contributed by atoms with Crippen molar-refractivity contribution in [3.05, 3.63) is 46.7 Å². The van der Waals surface area contributed by atoms with E-state index in [1.165, 1.54) is 6.07 Å². The number of aromatic nitrogens is 2. The van der Waals surface area contributed by atoms with Crippen LogP contribution in [0.25, 0.3) is 0 Å². The number of imidazole rings is 1. The van der Waals surface area contributed by atoms with Crippen molar-refractivity contribution in [3.63, 3.8) is 0 Å². The van der Waals surface area contributed by atoms with Gasteiger partial charge < -0.3 is 9.30 Å². The highest BCUT2D eigenvalue weighted by Crippen LogP contribution is 2.21. The van der Waals surface area contributed by atoms with Gasteiger partial charge in [-0.05, 0) is 28.1 Å². The van der Waals surface area contributed by atoms with Crippen LogP contribution in [0.2, 0.25) is 0 Å². The number of halogens is 2. The topological polar surface area (TPSA) is 27.1 Å². The summed E-state index contributed by atoms with van der Waals surface area (Å²) in [6.07, 6.45) is 3.53. The lowest BCUT2D eigenvalue weighted by atomic mass is 10.3. The van der Waals surface area contributed by atoms with E-state index < -0.39 is 0 Å². The number of rotatable bonds is 3. The van der Waals surface area contributed by atoms with Gasteiger partial charge >= 0.3 is 0 Å². The van der Waals surface area contributed by atoms with Gasteiger partial charge in [-0.2, -0.15) is 0 Å². The summed E-state index contributed by atoms with van der Waals surface area (Å²) >= 11 is 3.08. The predicted octanol–water partition coefficient (Wildman–Crippen LogP) is 2.90. The van der Waals surface area contributed by atoms with Gasteiger partial charge in [0.15, 0.2) is 0 Å². The molecule has 0 atom stereocenters. The maximum atomic E-state index is 13.2. The van der Waals surface area contributed by atoms with E-state index in [9.17, 15) is 4.39 Å². The third-order valence-electron chi connectivity index (χ3n) is 2.18. The summed E-state index contributed by atoms with van der Waals surface area (Å²) < 4.78 is 20.9. The van der Waals surface area contributed by atoms with Crippen molar-refractivity contribution in [2.24, 2.45) is 7.05 Å². The fraction of sp³-hybridized carbons (Fsp3) is 0.182. The zero-order valence-electron chi connectivity index (χ0n) is 8.65. The SMILES string of the molecule is Cn1ccnc1COc1ccc(Br)c(F)c1. The lowest BCUT2D eigenvalue weighted by Gasteiger charge is -2.06. The Hall–Kier alpha value is -1.36. The Morgan fingerprint density at radius 2 is 2.31 bits per heavy atom. The summed E-state index contributed by atoms with van der Waals surface area (Å²) in [6, 6.07) is 4.66. The summed E-state index contributed by atoms with van der Waals surface area (Å²) in [5, 5.41) is 0. The summed E-state index contributed by atoms with van der Waals surface area (Å²) in [5.41, 5.74) is 0. The molecule has 84 valence electrons. The fourth-order valence-corrected chi connectivity index (χ4v) is 1.50. The van der Waals surface area contributed by atoms with Crippen LogP contribution in [0.1, 0.15) is 5.82 Å². The first-order valence-electron chi connectivity index (χ1n) is 4.71. The van der Waals surface area contributed by atoms with Crippen molar-refractivity contribution in [1.82, 2.24) is 9.55 Å². The van der Waals surface area contributed by atoms with Crippen LogP contribution < -0.4 is 4.74 Å². The second-order valence-electron chi connectivity index (χ2n) is 3.32. The second-order valence-corrected chi connectivity index (χ2v) is 4.17. The molecule has 5 heteroatoms. The van der Waals surface area contributed by atoms with E-state index in [1.54, 1.807) is 18.3 Å². The molecule has 0 fully saturated rings. The molecule has 0 spiro atoms. The van der Waals surface area contributed by atoms with Crippen LogP contribution in [-0.4, -0.2) is 9.55 Å². The van der Waals surface area contributed by atoms with E-state index in [1.807, 2.05) is 17.8 Å². The van der Waals surface area contributed by atoms with Crippen molar-refractivity contribution in [3.8, 4) is 5.75 Å². The highest BCUT2D eigenvalue weighted by Gasteiger charge is 2.03. The Kier molecular flexibility index (Phi) is 3.24. The molecule has 2 aromatic rings. The van der Waals surface area contributed by atoms with Crippen LogP contribution >= 0.6 is 15.9 Å². The molecule has 3 nitrogen and oxygen atoms in total. The highest BCUT2D eigenvalue weighted by molar-refractivity contribution is 9.10. The molecule has 0 bridgehead atoms. The van der Waals surface area contributed by atoms with Crippen LogP contribution in [0.3, 0.4) is 0 Å². The molecule has 0 aliphatic heterocycles. The predicted molar refractivity (Wildman–Crippen MR) is 61.6 cm³/mol. The van der Waals surface area contributed by atoms with Crippen molar-refractivity contribution in [2.45, 2.75) is 6.61 Å². The van der Waals surface area contributed by atoms with Gasteiger partial charge in [0, 0.05) is 25.5 Å². The van der Waals surface area contributed by atoms with Crippen LogP contribution in [0.15, 0.2) is 35.1 Å². The van der Waals surface area contributed by atoms with Gasteiger partial charge in [0.05, 0.1) is 4.47 Å². The van der Waals surface area contributed by atoms with Gasteiger partial charge in [0.2, 0.25) is 0 Å². The molecule has 0 aliphatic rings. The maximum absolute atomic E-state index is 13.2. The van der Waals surface area contributed by atoms with Gasteiger partial charge in [-0.3, -0.25) is 0 Å². The monoisotopic (exact) mass is 284 g/mol. The Labute approximate surface area is 101 Å². The molecule has 1 aromatic heterocycles. The van der Waals surface area contributed by atoms with Gasteiger partial charge in [0.25, 0.3) is 0 Å². The zero-order valence-corrected chi connectivity index (χ0v) is 10.2. The Bertz CT molecular complexity index is 498. The third-order valence-corrected chi connectivity index (χ3v) is 2.82. The molecule has 16 heavy (non-hydrogen) atoms. The molecule has 0 radical (unpaired) electrons. The van der Waals surface area contributed by atoms with Gasteiger partial charge in [0.1, 0.15) is 24.0 Å². The van der Waals surface area contributed by atoms with Gasteiger partial charge in [-0.1, -0.05) is 0 Å². The van der Waals surface area contributed by atoms with Crippen LogP contribution in [0.5, 0.6) is 5.75 Å². The van der Waals surface area contributed by atoms with Crippen LogP contribution in [-0.2, 0) is 13.7 Å². The molecular formula is C11H10BrFN2O. The third kappa shape index (κ3) is 2.41. The average Bonchev–Trinajstić information content (AvgIpc) is 2.66. The largest absolute Gasteiger partial charge is 0.486 e. The highest BCUT2D eigenvalue weighted by atomic mass is 79.9. The minimum absolute atomic E-state index is 0.324. The minimum Gasteiger partial charge on any atom is -0.486 e. The fourth-order valence-electron chi connectivity index (χ4n) is 1.25. The van der Waals surface area contributed by atoms with E-state index in [0.29, 0.717) is 16.8 Å². The first-order chi connectivity index (χ1) is 7.66. The summed E-state index contributed by atoms with van der Waals surface area (Å²) in [7, 11) is 1.88. The summed E-state index contributed by atoms with van der Waals surface area (Å²) in [5.74, 6) is 0.948. The molecule has 2 rings (SSSR count). The quantitative estimate of drug-likeness (QED) is 0.867. The molecule has 0 amide bonds. The first-order valence-corrected chi connectivity index (χ1v) is 5.50. The Balaban J connectivity index is 2.05.